The third kappa shape index (κ3) is 1.53. The van der Waals surface area contributed by atoms with Crippen LogP contribution in [0.15, 0.2) is 0 Å². The van der Waals surface area contributed by atoms with Gasteiger partial charge in [0.2, 0.25) is 0 Å². The van der Waals surface area contributed by atoms with Crippen LogP contribution in [0, 0.1) is 23.2 Å². The molecule has 4 bridgehead atoms. The van der Waals surface area contributed by atoms with E-state index < -0.39 is 15.4 Å². The quantitative estimate of drug-likeness (QED) is 0.759. The van der Waals surface area contributed by atoms with E-state index in [1.54, 1.807) is 6.92 Å². The van der Waals surface area contributed by atoms with Crippen molar-refractivity contribution in [2.24, 2.45) is 23.2 Å². The van der Waals surface area contributed by atoms with Gasteiger partial charge in [-0.2, -0.15) is 8.42 Å². The lowest BCUT2D eigenvalue weighted by molar-refractivity contribution is -0.0532. The second-order valence-electron chi connectivity index (χ2n) is 6.44. The van der Waals surface area contributed by atoms with Crippen molar-refractivity contribution >= 4 is 10.1 Å². The van der Waals surface area contributed by atoms with Crippen molar-refractivity contribution in [1.29, 1.82) is 0 Å². The molecule has 4 aliphatic rings. The summed E-state index contributed by atoms with van der Waals surface area (Å²) in [5.41, 5.74) is -0.0949. The molecule has 16 heavy (non-hydrogen) atoms. The van der Waals surface area contributed by atoms with Gasteiger partial charge in [0.25, 0.3) is 10.1 Å². The smallest absolute Gasteiger partial charge is 0.268 e. The van der Waals surface area contributed by atoms with Crippen LogP contribution in [-0.2, 0) is 10.1 Å². The van der Waals surface area contributed by atoms with Gasteiger partial charge in [-0.25, -0.2) is 0 Å². The minimum Gasteiger partial charge on any atom is -0.285 e. The molecule has 0 aromatic rings. The SMILES string of the molecule is CC(C12CC3CC(CC(C3)C1)C2)S(=O)(=O)O. The molecule has 4 rings (SSSR count). The average Bonchev–Trinajstić information content (AvgIpc) is 2.12. The summed E-state index contributed by atoms with van der Waals surface area (Å²) in [6.45, 7) is 1.71. The molecule has 4 heteroatoms. The predicted molar refractivity (Wildman–Crippen MR) is 61.6 cm³/mol. The Kier molecular flexibility index (Phi) is 2.22. The normalized spacial score (nSPS) is 48.2. The molecule has 4 fully saturated rings. The Balaban J connectivity index is 1.94. The zero-order valence-electron chi connectivity index (χ0n) is 9.72. The van der Waals surface area contributed by atoms with Crippen LogP contribution >= 0.6 is 0 Å². The highest BCUT2D eigenvalue weighted by molar-refractivity contribution is 7.86. The van der Waals surface area contributed by atoms with Crippen LogP contribution < -0.4 is 0 Å². The Morgan fingerprint density at radius 2 is 1.44 bits per heavy atom. The number of hydrogen-bond acceptors (Lipinski definition) is 2. The van der Waals surface area contributed by atoms with Crippen molar-refractivity contribution in [3.05, 3.63) is 0 Å². The lowest BCUT2D eigenvalue weighted by atomic mass is 9.49. The minimum absolute atomic E-state index is 0.0949. The first-order chi connectivity index (χ1) is 7.39. The number of hydrogen-bond donors (Lipinski definition) is 1. The van der Waals surface area contributed by atoms with Crippen LogP contribution in [0.4, 0.5) is 0 Å². The molecule has 0 spiro atoms. The molecule has 0 amide bonds. The highest BCUT2D eigenvalue weighted by Crippen LogP contribution is 2.62. The highest BCUT2D eigenvalue weighted by atomic mass is 32.2. The van der Waals surface area contributed by atoms with E-state index >= 15 is 0 Å². The molecular formula is C12H20O3S. The van der Waals surface area contributed by atoms with Gasteiger partial charge in [-0.1, -0.05) is 0 Å². The molecule has 92 valence electrons. The average molecular weight is 244 g/mol. The predicted octanol–water partition coefficient (Wildman–Crippen LogP) is 2.48. The van der Waals surface area contributed by atoms with Crippen molar-refractivity contribution in [1.82, 2.24) is 0 Å². The van der Waals surface area contributed by atoms with Crippen molar-refractivity contribution < 1.29 is 13.0 Å². The maximum atomic E-state index is 11.4. The Hall–Kier alpha value is -0.0900. The molecule has 0 aromatic heterocycles. The van der Waals surface area contributed by atoms with Crippen molar-refractivity contribution in [2.75, 3.05) is 0 Å². The summed E-state index contributed by atoms with van der Waals surface area (Å²) in [6.07, 6.45) is 6.99. The summed E-state index contributed by atoms with van der Waals surface area (Å²) in [7, 11) is -3.87. The molecule has 0 aromatic carbocycles. The topological polar surface area (TPSA) is 54.4 Å². The second-order valence-corrected chi connectivity index (χ2v) is 8.17. The molecular weight excluding hydrogens is 224 g/mol. The van der Waals surface area contributed by atoms with Gasteiger partial charge in [-0.3, -0.25) is 4.55 Å². The molecule has 4 aliphatic carbocycles. The number of rotatable bonds is 2. The van der Waals surface area contributed by atoms with E-state index in [1.807, 2.05) is 0 Å². The minimum atomic E-state index is -3.87. The van der Waals surface area contributed by atoms with Crippen molar-refractivity contribution in [3.63, 3.8) is 0 Å². The van der Waals surface area contributed by atoms with Crippen LogP contribution in [0.5, 0.6) is 0 Å². The molecule has 0 radical (unpaired) electrons. The Morgan fingerprint density at radius 1 is 1.06 bits per heavy atom. The maximum Gasteiger partial charge on any atom is 0.268 e. The molecule has 4 saturated carbocycles. The lowest BCUT2D eigenvalue weighted by Gasteiger charge is -2.58. The molecule has 1 N–H and O–H groups in total. The van der Waals surface area contributed by atoms with Crippen molar-refractivity contribution in [2.45, 2.75) is 50.7 Å². The van der Waals surface area contributed by atoms with Gasteiger partial charge in [0.15, 0.2) is 0 Å². The van der Waals surface area contributed by atoms with E-state index in [0.29, 0.717) is 0 Å². The zero-order chi connectivity index (χ0) is 11.6. The van der Waals surface area contributed by atoms with Crippen LogP contribution in [-0.4, -0.2) is 18.2 Å². The second kappa shape index (κ2) is 3.22. The van der Waals surface area contributed by atoms with Crippen molar-refractivity contribution in [3.8, 4) is 0 Å². The van der Waals surface area contributed by atoms with Gasteiger partial charge >= 0.3 is 0 Å². The van der Waals surface area contributed by atoms with E-state index in [0.717, 1.165) is 37.0 Å². The van der Waals surface area contributed by atoms with Gasteiger partial charge in [0.1, 0.15) is 0 Å². The fourth-order valence-corrected chi connectivity index (χ4v) is 5.91. The first-order valence-corrected chi connectivity index (χ1v) is 7.86. The standard InChI is InChI=1S/C12H20O3S/c1-8(16(13,14)15)12-5-9-2-10(6-12)4-11(3-9)7-12/h8-11H,2-7H2,1H3,(H,13,14,15). The molecule has 1 unspecified atom stereocenters. The summed E-state index contributed by atoms with van der Waals surface area (Å²) in [4.78, 5) is 0. The molecule has 3 nitrogen and oxygen atoms in total. The van der Waals surface area contributed by atoms with Gasteiger partial charge in [-0.05, 0) is 68.6 Å². The van der Waals surface area contributed by atoms with Crippen LogP contribution in [0.3, 0.4) is 0 Å². The molecule has 1 atom stereocenters. The Morgan fingerprint density at radius 3 is 1.75 bits per heavy atom. The largest absolute Gasteiger partial charge is 0.285 e. The van der Waals surface area contributed by atoms with Gasteiger partial charge < -0.3 is 0 Å². The molecule has 0 aliphatic heterocycles. The summed E-state index contributed by atoms with van der Waals surface area (Å²) in [5, 5.41) is -0.562. The Labute approximate surface area is 97.4 Å². The fourth-order valence-electron chi connectivity index (χ4n) is 4.99. The summed E-state index contributed by atoms with van der Waals surface area (Å²) in [6, 6.07) is 0. The first kappa shape index (κ1) is 11.0. The summed E-state index contributed by atoms with van der Waals surface area (Å²) < 4.78 is 32.1. The van der Waals surface area contributed by atoms with E-state index in [1.165, 1.54) is 19.3 Å². The van der Waals surface area contributed by atoms with Crippen LogP contribution in [0.25, 0.3) is 0 Å². The van der Waals surface area contributed by atoms with Gasteiger partial charge in [-0.15, -0.1) is 0 Å². The van der Waals surface area contributed by atoms with E-state index in [2.05, 4.69) is 0 Å². The monoisotopic (exact) mass is 244 g/mol. The fraction of sp³-hybridized carbons (Fsp3) is 1.00. The third-order valence-corrected chi connectivity index (χ3v) is 6.79. The van der Waals surface area contributed by atoms with Crippen LogP contribution in [0.2, 0.25) is 0 Å². The summed E-state index contributed by atoms with van der Waals surface area (Å²) in [5.74, 6) is 2.20. The zero-order valence-corrected chi connectivity index (χ0v) is 10.5. The Bertz CT molecular complexity index is 363. The third-order valence-electron chi connectivity index (χ3n) is 5.39. The van der Waals surface area contributed by atoms with Crippen LogP contribution in [0.1, 0.15) is 45.4 Å². The van der Waals surface area contributed by atoms with E-state index in [-0.39, 0.29) is 5.41 Å². The molecule has 0 saturated heterocycles. The van der Waals surface area contributed by atoms with E-state index in [4.69, 9.17) is 0 Å². The lowest BCUT2D eigenvalue weighted by Crippen LogP contribution is -2.52. The highest BCUT2D eigenvalue weighted by Gasteiger charge is 2.55. The maximum absolute atomic E-state index is 11.4. The molecule has 0 heterocycles. The van der Waals surface area contributed by atoms with E-state index in [9.17, 15) is 13.0 Å². The first-order valence-electron chi connectivity index (χ1n) is 6.35. The van der Waals surface area contributed by atoms with Gasteiger partial charge in [0.05, 0.1) is 5.25 Å². The summed E-state index contributed by atoms with van der Waals surface area (Å²) >= 11 is 0. The van der Waals surface area contributed by atoms with Gasteiger partial charge in [0, 0.05) is 0 Å².